The second-order valence-electron chi connectivity index (χ2n) is 7.13. The monoisotopic (exact) mass is 354 g/mol. The topological polar surface area (TPSA) is 61.5 Å². The number of aromatic amines is 1. The minimum atomic E-state index is -0.0884. The summed E-state index contributed by atoms with van der Waals surface area (Å²) in [6, 6.07) is 12.5. The van der Waals surface area contributed by atoms with E-state index in [1.807, 2.05) is 6.07 Å². The third kappa shape index (κ3) is 3.46. The Morgan fingerprint density at radius 1 is 1.19 bits per heavy atom. The van der Waals surface area contributed by atoms with Gasteiger partial charge in [-0.3, -0.25) is 9.78 Å². The van der Waals surface area contributed by atoms with E-state index in [4.69, 9.17) is 9.72 Å². The zero-order chi connectivity index (χ0) is 17.9. The van der Waals surface area contributed by atoms with Crippen molar-refractivity contribution < 1.29 is 4.74 Å². The fourth-order valence-electron chi connectivity index (χ4n) is 4.08. The summed E-state index contributed by atoms with van der Waals surface area (Å²) in [5, 5.41) is 0. The second kappa shape index (κ2) is 7.50. The lowest BCUT2D eigenvalue weighted by Crippen LogP contribution is -2.39. The number of benzene rings is 1. The second-order valence-corrected chi connectivity index (χ2v) is 7.13. The van der Waals surface area contributed by atoms with Crippen LogP contribution in [0.2, 0.25) is 0 Å². The molecule has 2 aliphatic heterocycles. The van der Waals surface area contributed by atoms with Crippen LogP contribution in [-0.2, 0) is 4.74 Å². The molecule has 6 nitrogen and oxygen atoms in total. The van der Waals surface area contributed by atoms with E-state index in [0.29, 0.717) is 31.1 Å². The summed E-state index contributed by atoms with van der Waals surface area (Å²) in [5.74, 6) is 1.84. The zero-order valence-corrected chi connectivity index (χ0v) is 15.2. The van der Waals surface area contributed by atoms with Gasteiger partial charge in [0.2, 0.25) is 5.95 Å². The van der Waals surface area contributed by atoms with Gasteiger partial charge in [-0.05, 0) is 18.4 Å². The van der Waals surface area contributed by atoms with Crippen LogP contribution in [0, 0.1) is 0 Å². The Bertz CT molecular complexity index is 786. The SMILES string of the molecule is C[C@H](c1ccccc1)[C@@H]1CCCN1c1nc(N2CCOCC2)cc(=O)[nH]1. The standard InChI is InChI=1S/C20H26N4O2/c1-15(16-6-3-2-4-7-16)17-8-5-9-24(17)20-21-18(14-19(25)22-20)23-10-12-26-13-11-23/h2-4,6-7,14-15,17H,5,8-13H2,1H3,(H,21,22,25)/t15-,17+/m1/s1. The molecule has 0 aliphatic carbocycles. The van der Waals surface area contributed by atoms with E-state index in [1.54, 1.807) is 6.07 Å². The van der Waals surface area contributed by atoms with E-state index in [0.717, 1.165) is 38.3 Å². The molecule has 4 rings (SSSR count). The molecule has 1 aromatic heterocycles. The highest BCUT2D eigenvalue weighted by Crippen LogP contribution is 2.33. The Morgan fingerprint density at radius 3 is 2.73 bits per heavy atom. The molecule has 0 radical (unpaired) electrons. The van der Waals surface area contributed by atoms with Gasteiger partial charge in [-0.1, -0.05) is 37.3 Å². The van der Waals surface area contributed by atoms with E-state index in [-0.39, 0.29) is 5.56 Å². The summed E-state index contributed by atoms with van der Waals surface area (Å²) in [6.07, 6.45) is 2.23. The van der Waals surface area contributed by atoms with Crippen molar-refractivity contribution in [2.75, 3.05) is 42.6 Å². The number of rotatable bonds is 4. The van der Waals surface area contributed by atoms with Gasteiger partial charge >= 0.3 is 0 Å². The van der Waals surface area contributed by atoms with Gasteiger partial charge in [0, 0.05) is 37.7 Å². The van der Waals surface area contributed by atoms with Crippen LogP contribution in [0.5, 0.6) is 0 Å². The first-order valence-corrected chi connectivity index (χ1v) is 9.48. The third-order valence-electron chi connectivity index (χ3n) is 5.52. The molecule has 3 heterocycles. The summed E-state index contributed by atoms with van der Waals surface area (Å²) in [5.41, 5.74) is 1.24. The predicted molar refractivity (Wildman–Crippen MR) is 103 cm³/mol. The molecule has 0 bridgehead atoms. The van der Waals surface area contributed by atoms with Crippen LogP contribution >= 0.6 is 0 Å². The Kier molecular flexibility index (Phi) is 4.93. The lowest BCUT2D eigenvalue weighted by atomic mass is 9.92. The fourth-order valence-corrected chi connectivity index (χ4v) is 4.08. The van der Waals surface area contributed by atoms with Crippen LogP contribution in [0.4, 0.5) is 11.8 Å². The number of aromatic nitrogens is 2. The van der Waals surface area contributed by atoms with E-state index in [2.05, 4.69) is 46.0 Å². The average Bonchev–Trinajstić information content (AvgIpc) is 3.18. The molecule has 1 aromatic carbocycles. The number of morpholine rings is 1. The minimum Gasteiger partial charge on any atom is -0.378 e. The molecule has 26 heavy (non-hydrogen) atoms. The van der Waals surface area contributed by atoms with Crippen LogP contribution < -0.4 is 15.4 Å². The van der Waals surface area contributed by atoms with Crippen LogP contribution in [-0.4, -0.2) is 48.9 Å². The number of hydrogen-bond donors (Lipinski definition) is 1. The van der Waals surface area contributed by atoms with Crippen LogP contribution in [0.1, 0.15) is 31.2 Å². The summed E-state index contributed by atoms with van der Waals surface area (Å²) in [7, 11) is 0. The highest BCUT2D eigenvalue weighted by atomic mass is 16.5. The van der Waals surface area contributed by atoms with Gasteiger partial charge in [0.25, 0.3) is 5.56 Å². The average molecular weight is 354 g/mol. The zero-order valence-electron chi connectivity index (χ0n) is 15.2. The highest BCUT2D eigenvalue weighted by molar-refractivity contribution is 5.46. The fraction of sp³-hybridized carbons (Fsp3) is 0.500. The number of H-pyrrole nitrogens is 1. The van der Waals surface area contributed by atoms with E-state index >= 15 is 0 Å². The Labute approximate surface area is 153 Å². The molecule has 138 valence electrons. The number of nitrogens with zero attached hydrogens (tertiary/aromatic N) is 3. The van der Waals surface area contributed by atoms with Crippen molar-refractivity contribution in [3.8, 4) is 0 Å². The Balaban J connectivity index is 1.61. The van der Waals surface area contributed by atoms with Crippen molar-refractivity contribution in [2.45, 2.75) is 31.7 Å². The summed E-state index contributed by atoms with van der Waals surface area (Å²) < 4.78 is 5.41. The molecule has 2 saturated heterocycles. The number of hydrogen-bond acceptors (Lipinski definition) is 5. The molecular weight excluding hydrogens is 328 g/mol. The van der Waals surface area contributed by atoms with E-state index in [1.165, 1.54) is 5.56 Å². The minimum absolute atomic E-state index is 0.0884. The Morgan fingerprint density at radius 2 is 1.96 bits per heavy atom. The van der Waals surface area contributed by atoms with Crippen molar-refractivity contribution in [3.63, 3.8) is 0 Å². The van der Waals surface area contributed by atoms with Gasteiger partial charge in [0.15, 0.2) is 0 Å². The molecule has 0 saturated carbocycles. The first kappa shape index (κ1) is 17.1. The normalized spacial score (nSPS) is 21.8. The van der Waals surface area contributed by atoms with Gasteiger partial charge in [-0.25, -0.2) is 0 Å². The van der Waals surface area contributed by atoms with Gasteiger partial charge in [-0.15, -0.1) is 0 Å². The molecule has 0 unspecified atom stereocenters. The van der Waals surface area contributed by atoms with Crippen molar-refractivity contribution in [3.05, 3.63) is 52.3 Å². The summed E-state index contributed by atoms with van der Waals surface area (Å²) in [4.78, 5) is 24.5. The number of anilines is 2. The van der Waals surface area contributed by atoms with Crippen LogP contribution in [0.3, 0.4) is 0 Å². The molecule has 0 spiro atoms. The molecule has 0 amide bonds. The number of ether oxygens (including phenoxy) is 1. The molecule has 2 aliphatic rings. The third-order valence-corrected chi connectivity index (χ3v) is 5.52. The number of nitrogens with one attached hydrogen (secondary N) is 1. The maximum Gasteiger partial charge on any atom is 0.254 e. The van der Waals surface area contributed by atoms with Crippen molar-refractivity contribution >= 4 is 11.8 Å². The molecular formula is C20H26N4O2. The van der Waals surface area contributed by atoms with Crippen molar-refractivity contribution in [1.82, 2.24) is 9.97 Å². The first-order chi connectivity index (χ1) is 12.7. The molecule has 2 atom stereocenters. The molecule has 2 fully saturated rings. The Hall–Kier alpha value is -2.34. The molecule has 2 aromatic rings. The highest BCUT2D eigenvalue weighted by Gasteiger charge is 2.32. The van der Waals surface area contributed by atoms with Gasteiger partial charge in [0.1, 0.15) is 5.82 Å². The van der Waals surface area contributed by atoms with Crippen molar-refractivity contribution in [2.24, 2.45) is 0 Å². The van der Waals surface area contributed by atoms with Gasteiger partial charge < -0.3 is 14.5 Å². The summed E-state index contributed by atoms with van der Waals surface area (Å²) >= 11 is 0. The quantitative estimate of drug-likeness (QED) is 0.913. The predicted octanol–water partition coefficient (Wildman–Crippen LogP) is 2.38. The lowest BCUT2D eigenvalue weighted by Gasteiger charge is -2.32. The molecule has 1 N–H and O–H groups in total. The van der Waals surface area contributed by atoms with Crippen molar-refractivity contribution in [1.29, 1.82) is 0 Å². The molecule has 6 heteroatoms. The van der Waals surface area contributed by atoms with Gasteiger partial charge in [-0.2, -0.15) is 4.98 Å². The van der Waals surface area contributed by atoms with E-state index < -0.39 is 0 Å². The first-order valence-electron chi connectivity index (χ1n) is 9.48. The largest absolute Gasteiger partial charge is 0.378 e. The van der Waals surface area contributed by atoms with E-state index in [9.17, 15) is 4.79 Å². The van der Waals surface area contributed by atoms with Crippen LogP contribution in [0.25, 0.3) is 0 Å². The maximum atomic E-state index is 12.3. The van der Waals surface area contributed by atoms with Gasteiger partial charge in [0.05, 0.1) is 13.2 Å². The van der Waals surface area contributed by atoms with Crippen LogP contribution in [0.15, 0.2) is 41.2 Å². The lowest BCUT2D eigenvalue weighted by molar-refractivity contribution is 0.122. The smallest absolute Gasteiger partial charge is 0.254 e. The summed E-state index contributed by atoms with van der Waals surface area (Å²) in [6.45, 7) is 6.11. The maximum absolute atomic E-state index is 12.3.